The van der Waals surface area contributed by atoms with Crippen molar-refractivity contribution in [1.29, 1.82) is 0 Å². The Morgan fingerprint density at radius 1 is 1.33 bits per heavy atom. The highest BCUT2D eigenvalue weighted by Crippen LogP contribution is 2.22. The third kappa shape index (κ3) is 4.52. The van der Waals surface area contributed by atoms with Crippen LogP contribution in [0.1, 0.15) is 37.0 Å². The molecule has 15 heavy (non-hydrogen) atoms. The first-order valence-electron chi connectivity index (χ1n) is 5.44. The Hall–Kier alpha value is -0.760. The van der Waals surface area contributed by atoms with Crippen LogP contribution >= 0.6 is 11.8 Å². The van der Waals surface area contributed by atoms with Crippen molar-refractivity contribution in [1.82, 2.24) is 0 Å². The van der Waals surface area contributed by atoms with Gasteiger partial charge in [0.25, 0.3) is 0 Å². The summed E-state index contributed by atoms with van der Waals surface area (Å²) in [6, 6.07) is 7.79. The van der Waals surface area contributed by atoms with Gasteiger partial charge in [0.05, 0.1) is 0 Å². The number of benzene rings is 1. The van der Waals surface area contributed by atoms with Crippen LogP contribution in [0.3, 0.4) is 0 Å². The number of rotatable bonds is 6. The maximum Gasteiger partial charge on any atom is 0.150 e. The van der Waals surface area contributed by atoms with Crippen LogP contribution in [0.2, 0.25) is 0 Å². The van der Waals surface area contributed by atoms with Gasteiger partial charge in [0.2, 0.25) is 0 Å². The van der Waals surface area contributed by atoms with Gasteiger partial charge in [-0.15, -0.1) is 11.8 Å². The molecule has 1 aromatic carbocycles. The SMILES string of the molecule is CCCC(C)CSc1ccc(C=O)cc1. The fourth-order valence-corrected chi connectivity index (χ4v) is 2.43. The van der Waals surface area contributed by atoms with E-state index in [0.717, 1.165) is 23.5 Å². The van der Waals surface area contributed by atoms with Crippen molar-refractivity contribution in [3.8, 4) is 0 Å². The molecular formula is C13H18OS. The van der Waals surface area contributed by atoms with E-state index in [1.807, 2.05) is 36.0 Å². The normalized spacial score (nSPS) is 12.4. The fraction of sp³-hybridized carbons (Fsp3) is 0.462. The van der Waals surface area contributed by atoms with Crippen molar-refractivity contribution in [2.75, 3.05) is 5.75 Å². The molecule has 0 fully saturated rings. The number of carbonyl (C=O) groups excluding carboxylic acids is 1. The van der Waals surface area contributed by atoms with Gasteiger partial charge in [0.15, 0.2) is 0 Å². The third-order valence-electron chi connectivity index (χ3n) is 2.33. The zero-order valence-corrected chi connectivity index (χ0v) is 10.2. The number of thioether (sulfide) groups is 1. The van der Waals surface area contributed by atoms with Crippen molar-refractivity contribution in [2.45, 2.75) is 31.6 Å². The summed E-state index contributed by atoms with van der Waals surface area (Å²) in [7, 11) is 0. The van der Waals surface area contributed by atoms with Gasteiger partial charge in [-0.3, -0.25) is 4.79 Å². The fourth-order valence-electron chi connectivity index (χ4n) is 1.46. The van der Waals surface area contributed by atoms with E-state index in [0.29, 0.717) is 0 Å². The average Bonchev–Trinajstić information content (AvgIpc) is 2.27. The van der Waals surface area contributed by atoms with E-state index in [9.17, 15) is 4.79 Å². The molecule has 0 amide bonds. The van der Waals surface area contributed by atoms with Crippen molar-refractivity contribution >= 4 is 18.0 Å². The molecule has 0 heterocycles. The largest absolute Gasteiger partial charge is 0.298 e. The van der Waals surface area contributed by atoms with E-state index in [-0.39, 0.29) is 0 Å². The van der Waals surface area contributed by atoms with Gasteiger partial charge in [-0.25, -0.2) is 0 Å². The van der Waals surface area contributed by atoms with E-state index in [1.165, 1.54) is 17.7 Å². The average molecular weight is 222 g/mol. The maximum absolute atomic E-state index is 10.5. The van der Waals surface area contributed by atoms with Gasteiger partial charge in [-0.05, 0) is 18.1 Å². The van der Waals surface area contributed by atoms with Crippen LogP contribution in [0.15, 0.2) is 29.2 Å². The van der Waals surface area contributed by atoms with Gasteiger partial charge in [-0.2, -0.15) is 0 Å². The predicted molar refractivity (Wildman–Crippen MR) is 66.6 cm³/mol. The van der Waals surface area contributed by atoms with Crippen molar-refractivity contribution in [3.63, 3.8) is 0 Å². The summed E-state index contributed by atoms with van der Waals surface area (Å²) in [5, 5.41) is 0. The zero-order chi connectivity index (χ0) is 11.1. The van der Waals surface area contributed by atoms with Crippen LogP contribution in [0.4, 0.5) is 0 Å². The first-order chi connectivity index (χ1) is 7.26. The zero-order valence-electron chi connectivity index (χ0n) is 9.40. The lowest BCUT2D eigenvalue weighted by molar-refractivity contribution is 0.112. The monoisotopic (exact) mass is 222 g/mol. The van der Waals surface area contributed by atoms with Crippen LogP contribution in [-0.4, -0.2) is 12.0 Å². The molecule has 0 radical (unpaired) electrons. The molecule has 2 heteroatoms. The minimum absolute atomic E-state index is 0.751. The Balaban J connectivity index is 2.40. The van der Waals surface area contributed by atoms with E-state index in [1.54, 1.807) is 0 Å². The number of hydrogen-bond donors (Lipinski definition) is 0. The molecule has 0 saturated heterocycles. The van der Waals surface area contributed by atoms with Crippen LogP contribution < -0.4 is 0 Å². The predicted octanol–water partition coefficient (Wildman–Crippen LogP) is 4.03. The van der Waals surface area contributed by atoms with E-state index in [4.69, 9.17) is 0 Å². The Bertz CT molecular complexity index is 292. The second kappa shape index (κ2) is 6.67. The molecule has 82 valence electrons. The second-order valence-corrected chi connectivity index (χ2v) is 4.99. The van der Waals surface area contributed by atoms with Crippen LogP contribution in [0.25, 0.3) is 0 Å². The van der Waals surface area contributed by atoms with Gasteiger partial charge in [0, 0.05) is 16.2 Å². The summed E-state index contributed by atoms with van der Waals surface area (Å²) in [5.41, 5.74) is 0.751. The summed E-state index contributed by atoms with van der Waals surface area (Å²) in [6.07, 6.45) is 3.43. The molecule has 1 rings (SSSR count). The summed E-state index contributed by atoms with van der Waals surface area (Å²) < 4.78 is 0. The molecule has 1 unspecified atom stereocenters. The summed E-state index contributed by atoms with van der Waals surface area (Å²) in [4.78, 5) is 11.7. The molecule has 0 aliphatic carbocycles. The maximum atomic E-state index is 10.5. The van der Waals surface area contributed by atoms with E-state index < -0.39 is 0 Å². The Morgan fingerprint density at radius 2 is 2.00 bits per heavy atom. The highest BCUT2D eigenvalue weighted by atomic mass is 32.2. The lowest BCUT2D eigenvalue weighted by atomic mass is 10.1. The Kier molecular flexibility index (Phi) is 5.48. The van der Waals surface area contributed by atoms with Gasteiger partial charge < -0.3 is 0 Å². The molecule has 0 aliphatic heterocycles. The smallest absolute Gasteiger partial charge is 0.150 e. The quantitative estimate of drug-likeness (QED) is 0.534. The minimum Gasteiger partial charge on any atom is -0.298 e. The number of hydrogen-bond acceptors (Lipinski definition) is 2. The highest BCUT2D eigenvalue weighted by Gasteiger charge is 2.01. The molecule has 1 atom stereocenters. The van der Waals surface area contributed by atoms with Gasteiger partial charge >= 0.3 is 0 Å². The Labute approximate surface area is 96.3 Å². The summed E-state index contributed by atoms with van der Waals surface area (Å²) >= 11 is 1.87. The Morgan fingerprint density at radius 3 is 2.53 bits per heavy atom. The van der Waals surface area contributed by atoms with Gasteiger partial charge in [0.1, 0.15) is 6.29 Å². The van der Waals surface area contributed by atoms with Crippen LogP contribution in [0, 0.1) is 5.92 Å². The lowest BCUT2D eigenvalue weighted by Gasteiger charge is -2.09. The van der Waals surface area contributed by atoms with Crippen molar-refractivity contribution < 1.29 is 4.79 Å². The lowest BCUT2D eigenvalue weighted by Crippen LogP contribution is -1.96. The summed E-state index contributed by atoms with van der Waals surface area (Å²) in [5.74, 6) is 1.93. The van der Waals surface area contributed by atoms with Crippen LogP contribution in [-0.2, 0) is 0 Å². The molecule has 0 saturated carbocycles. The van der Waals surface area contributed by atoms with Crippen LogP contribution in [0.5, 0.6) is 0 Å². The standard InChI is InChI=1S/C13H18OS/c1-3-4-11(2)10-15-13-7-5-12(9-14)6-8-13/h5-9,11H,3-4,10H2,1-2H3. The first-order valence-corrected chi connectivity index (χ1v) is 6.43. The molecule has 0 N–H and O–H groups in total. The minimum atomic E-state index is 0.751. The topological polar surface area (TPSA) is 17.1 Å². The molecule has 0 aromatic heterocycles. The molecule has 0 spiro atoms. The van der Waals surface area contributed by atoms with E-state index >= 15 is 0 Å². The number of carbonyl (C=O) groups is 1. The molecule has 0 aliphatic rings. The highest BCUT2D eigenvalue weighted by molar-refractivity contribution is 7.99. The number of aldehydes is 1. The summed E-state index contributed by atoms with van der Waals surface area (Å²) in [6.45, 7) is 4.51. The molecular weight excluding hydrogens is 204 g/mol. The van der Waals surface area contributed by atoms with Crippen molar-refractivity contribution in [3.05, 3.63) is 29.8 Å². The van der Waals surface area contributed by atoms with Crippen molar-refractivity contribution in [2.24, 2.45) is 5.92 Å². The third-order valence-corrected chi connectivity index (χ3v) is 3.67. The second-order valence-electron chi connectivity index (χ2n) is 3.89. The molecule has 1 aromatic rings. The molecule has 1 nitrogen and oxygen atoms in total. The van der Waals surface area contributed by atoms with E-state index in [2.05, 4.69) is 13.8 Å². The van der Waals surface area contributed by atoms with Gasteiger partial charge in [-0.1, -0.05) is 38.8 Å². The first kappa shape index (κ1) is 12.3. The molecule has 0 bridgehead atoms.